The molecule has 1 saturated heterocycles. The summed E-state index contributed by atoms with van der Waals surface area (Å²) in [4.78, 5) is 0. The zero-order valence-electron chi connectivity index (χ0n) is 7.96. The molecule has 17 heavy (non-hydrogen) atoms. The van der Waals surface area contributed by atoms with Crippen LogP contribution >= 0.6 is 58.8 Å². The molecule has 1 aromatic carbocycles. The highest BCUT2D eigenvalue weighted by Gasteiger charge is 2.45. The van der Waals surface area contributed by atoms with Crippen LogP contribution in [0.2, 0.25) is 15.1 Å². The van der Waals surface area contributed by atoms with Gasteiger partial charge in [0.25, 0.3) is 0 Å². The quantitative estimate of drug-likeness (QED) is 0.561. The molecule has 90 valence electrons. The second kappa shape index (κ2) is 3.96. The number of ether oxygens (including phenoxy) is 1. The van der Waals surface area contributed by atoms with Crippen LogP contribution in [0.1, 0.15) is 10.8 Å². The van der Waals surface area contributed by atoms with E-state index in [9.17, 15) is 5.11 Å². The number of aromatic hydroxyl groups is 1. The first-order valence-corrected chi connectivity index (χ1v) is 6.96. The summed E-state index contributed by atoms with van der Waals surface area (Å²) >= 11 is 24.4. The van der Waals surface area contributed by atoms with E-state index in [1.807, 2.05) is 0 Å². The molecule has 2 aliphatic heterocycles. The number of thioether (sulfide) groups is 1. The van der Waals surface area contributed by atoms with Crippen LogP contribution in [0, 0.1) is 0 Å². The van der Waals surface area contributed by atoms with Crippen molar-refractivity contribution in [3.8, 4) is 11.5 Å². The monoisotopic (exact) mass is 327 g/mol. The summed E-state index contributed by atoms with van der Waals surface area (Å²) in [6.45, 7) is 0. The molecule has 8 heteroatoms. The molecule has 0 spiro atoms. The number of fused-ring (bicyclic) bond motifs is 3. The minimum absolute atomic E-state index is 0.00275. The van der Waals surface area contributed by atoms with E-state index >= 15 is 0 Å². The third kappa shape index (κ3) is 1.60. The third-order valence-corrected chi connectivity index (χ3v) is 5.27. The van der Waals surface area contributed by atoms with Gasteiger partial charge in [-0.3, -0.25) is 0 Å². The molecule has 1 aromatic rings. The second-order valence-corrected chi connectivity index (χ2v) is 6.49. The molecule has 3 rings (SSSR count). The van der Waals surface area contributed by atoms with E-state index in [-0.39, 0.29) is 32.3 Å². The van der Waals surface area contributed by atoms with Gasteiger partial charge in [-0.25, -0.2) is 0 Å². The topological polar surface area (TPSA) is 41.5 Å². The lowest BCUT2D eigenvalue weighted by molar-refractivity contribution is 0.221. The van der Waals surface area contributed by atoms with Crippen molar-refractivity contribution < 1.29 is 9.84 Å². The third-order valence-electron chi connectivity index (χ3n) is 2.59. The van der Waals surface area contributed by atoms with Crippen molar-refractivity contribution in [2.75, 3.05) is 0 Å². The van der Waals surface area contributed by atoms with E-state index in [1.54, 1.807) is 0 Å². The molecule has 0 bridgehead atoms. The van der Waals surface area contributed by atoms with Gasteiger partial charge in [0.2, 0.25) is 0 Å². The number of hydrogen-bond donors (Lipinski definition) is 2. The Hall–Kier alpha value is -0.0700. The zero-order valence-corrected chi connectivity index (χ0v) is 11.9. The summed E-state index contributed by atoms with van der Waals surface area (Å²) in [6.07, 6.45) is -0.310. The van der Waals surface area contributed by atoms with E-state index in [1.165, 1.54) is 11.8 Å². The van der Waals surface area contributed by atoms with Crippen molar-refractivity contribution in [1.82, 2.24) is 5.32 Å². The van der Waals surface area contributed by atoms with Crippen molar-refractivity contribution in [2.45, 2.75) is 11.5 Å². The van der Waals surface area contributed by atoms with E-state index in [2.05, 4.69) is 5.32 Å². The van der Waals surface area contributed by atoms with Crippen molar-refractivity contribution in [3.05, 3.63) is 20.6 Å². The highest BCUT2D eigenvalue weighted by atomic mass is 35.5. The average molecular weight is 329 g/mol. The summed E-state index contributed by atoms with van der Waals surface area (Å²) < 4.78 is 6.25. The summed E-state index contributed by atoms with van der Waals surface area (Å²) in [5.41, 5.74) is 0.640. The van der Waals surface area contributed by atoms with Crippen LogP contribution in [0.5, 0.6) is 11.5 Å². The first-order valence-electron chi connectivity index (χ1n) is 4.54. The fourth-order valence-electron chi connectivity index (χ4n) is 1.85. The van der Waals surface area contributed by atoms with Gasteiger partial charge in [-0.15, -0.1) is 0 Å². The van der Waals surface area contributed by atoms with E-state index in [0.717, 1.165) is 0 Å². The number of rotatable bonds is 0. The Kier molecular flexibility index (Phi) is 2.80. The molecule has 0 radical (unpaired) electrons. The number of hydrogen-bond acceptors (Lipinski definition) is 4. The minimum Gasteiger partial charge on any atom is -0.505 e. The van der Waals surface area contributed by atoms with Crippen molar-refractivity contribution in [2.24, 2.45) is 0 Å². The first kappa shape index (κ1) is 12.0. The normalized spacial score (nSPS) is 25.2. The zero-order chi connectivity index (χ0) is 12.3. The molecule has 2 unspecified atom stereocenters. The number of phenols is 1. The molecule has 1 fully saturated rings. The Labute approximate surface area is 121 Å². The summed E-state index contributed by atoms with van der Waals surface area (Å²) in [5, 5.41) is 13.0. The molecule has 0 aliphatic carbocycles. The molecule has 3 nitrogen and oxygen atoms in total. The van der Waals surface area contributed by atoms with Crippen molar-refractivity contribution >= 4 is 63.1 Å². The maximum absolute atomic E-state index is 9.77. The SMILES string of the molecule is Oc1c(Cl)c(Cl)c2c(c1Cl)C1SC(=S)NC1O2. The maximum atomic E-state index is 9.77. The van der Waals surface area contributed by atoms with Crippen LogP contribution in [-0.4, -0.2) is 15.7 Å². The number of thiocarbonyl (C=S) groups is 1. The van der Waals surface area contributed by atoms with E-state index < -0.39 is 0 Å². The Balaban J connectivity index is 2.23. The first-order chi connectivity index (χ1) is 8.00. The van der Waals surface area contributed by atoms with Gasteiger partial charge >= 0.3 is 0 Å². The van der Waals surface area contributed by atoms with E-state index in [4.69, 9.17) is 51.8 Å². The fourth-order valence-corrected chi connectivity index (χ4v) is 4.11. The minimum atomic E-state index is -0.310. The number of nitrogens with one attached hydrogen (secondary N) is 1. The van der Waals surface area contributed by atoms with Gasteiger partial charge in [0, 0.05) is 5.56 Å². The largest absolute Gasteiger partial charge is 0.505 e. The molecule has 2 heterocycles. The van der Waals surface area contributed by atoms with Crippen molar-refractivity contribution in [3.63, 3.8) is 0 Å². The molecule has 2 aliphatic rings. The van der Waals surface area contributed by atoms with Crippen LogP contribution in [-0.2, 0) is 0 Å². The molecule has 2 N–H and O–H groups in total. The molecule has 0 saturated carbocycles. The molecule has 2 atom stereocenters. The summed E-state index contributed by atoms with van der Waals surface area (Å²) in [5.74, 6) is 0.191. The highest BCUT2D eigenvalue weighted by molar-refractivity contribution is 8.23. The average Bonchev–Trinajstić information content (AvgIpc) is 2.79. The lowest BCUT2D eigenvalue weighted by Gasteiger charge is -2.11. The van der Waals surface area contributed by atoms with Gasteiger partial charge in [-0.05, 0) is 0 Å². The Morgan fingerprint density at radius 1 is 1.24 bits per heavy atom. The lowest BCUT2D eigenvalue weighted by atomic mass is 10.1. The molecule has 0 amide bonds. The maximum Gasteiger partial charge on any atom is 0.187 e. The predicted molar refractivity (Wildman–Crippen MR) is 73.6 cm³/mol. The van der Waals surface area contributed by atoms with Gasteiger partial charge in [-0.2, -0.15) is 0 Å². The van der Waals surface area contributed by atoms with Gasteiger partial charge < -0.3 is 15.2 Å². The van der Waals surface area contributed by atoms with Gasteiger partial charge in [-0.1, -0.05) is 58.8 Å². The molecular formula is C9H4Cl3NO2S2. The van der Waals surface area contributed by atoms with Crippen LogP contribution in [0.4, 0.5) is 0 Å². The lowest BCUT2D eigenvalue weighted by Crippen LogP contribution is -2.29. The highest BCUT2D eigenvalue weighted by Crippen LogP contribution is 2.57. The van der Waals surface area contributed by atoms with Gasteiger partial charge in [0.15, 0.2) is 12.0 Å². The Morgan fingerprint density at radius 2 is 1.94 bits per heavy atom. The second-order valence-electron chi connectivity index (χ2n) is 3.54. The van der Waals surface area contributed by atoms with Crippen molar-refractivity contribution in [1.29, 1.82) is 0 Å². The fraction of sp³-hybridized carbons (Fsp3) is 0.222. The number of phenolic OH excluding ortho intramolecular Hbond substituents is 1. The van der Waals surface area contributed by atoms with E-state index in [0.29, 0.717) is 15.6 Å². The number of halogens is 3. The molecular weight excluding hydrogens is 325 g/mol. The smallest absolute Gasteiger partial charge is 0.187 e. The summed E-state index contributed by atoms with van der Waals surface area (Å²) in [7, 11) is 0. The van der Waals surface area contributed by atoms with Gasteiger partial charge in [0.1, 0.15) is 20.1 Å². The Bertz CT molecular complexity index is 552. The molecule has 0 aromatic heterocycles. The van der Waals surface area contributed by atoms with Crippen LogP contribution in [0.3, 0.4) is 0 Å². The Morgan fingerprint density at radius 3 is 2.65 bits per heavy atom. The van der Waals surface area contributed by atoms with Crippen LogP contribution in [0.15, 0.2) is 0 Å². The standard InChI is InChI=1S/C9H4Cl3NO2S2/c10-2-1-6(4(12)3(11)5(2)14)15-8-7(1)17-9(16)13-8/h7-8,14H,(H,13,16). The van der Waals surface area contributed by atoms with Crippen LogP contribution in [0.25, 0.3) is 0 Å². The summed E-state index contributed by atoms with van der Waals surface area (Å²) in [6, 6.07) is 0. The van der Waals surface area contributed by atoms with Crippen LogP contribution < -0.4 is 10.1 Å². The van der Waals surface area contributed by atoms with Gasteiger partial charge in [0.05, 0.1) is 10.3 Å². The number of benzene rings is 1. The predicted octanol–water partition coefficient (Wildman–Crippen LogP) is 3.73.